The van der Waals surface area contributed by atoms with Crippen LogP contribution < -0.4 is 5.32 Å². The number of rotatable bonds is 1. The molecular weight excluding hydrogens is 158 g/mol. The van der Waals surface area contributed by atoms with Crippen molar-refractivity contribution in [3.63, 3.8) is 0 Å². The molecule has 11 heavy (non-hydrogen) atoms. The lowest BCUT2D eigenvalue weighted by molar-refractivity contribution is 1.20. The van der Waals surface area contributed by atoms with Crippen molar-refractivity contribution in [2.75, 3.05) is 5.32 Å². The molecule has 0 amide bonds. The Balaban J connectivity index is 2.65. The molecule has 0 spiro atoms. The summed E-state index contributed by atoms with van der Waals surface area (Å²) in [5.74, 6) is 0. The summed E-state index contributed by atoms with van der Waals surface area (Å²) >= 11 is 4.67. The van der Waals surface area contributed by atoms with Crippen molar-refractivity contribution in [3.8, 4) is 0 Å². The number of benzene rings is 1. The highest BCUT2D eigenvalue weighted by Gasteiger charge is 1.91. The van der Waals surface area contributed by atoms with E-state index in [0.717, 1.165) is 5.69 Å². The smallest absolute Gasteiger partial charge is 0.217 e. The van der Waals surface area contributed by atoms with E-state index in [1.165, 1.54) is 0 Å². The van der Waals surface area contributed by atoms with Gasteiger partial charge in [-0.1, -0.05) is 18.2 Å². The van der Waals surface area contributed by atoms with Crippen LogP contribution in [0.3, 0.4) is 0 Å². The summed E-state index contributed by atoms with van der Waals surface area (Å²) in [6.45, 7) is 0. The van der Waals surface area contributed by atoms with Crippen LogP contribution in [-0.4, -0.2) is 5.11 Å². The first-order valence-electron chi connectivity index (χ1n) is 3.06. The van der Waals surface area contributed by atoms with Crippen LogP contribution >= 0.6 is 12.2 Å². The van der Waals surface area contributed by atoms with Gasteiger partial charge >= 0.3 is 0 Å². The summed E-state index contributed by atoms with van der Waals surface area (Å²) in [4.78, 5) is 0. The molecule has 56 valence electrons. The van der Waals surface area contributed by atoms with E-state index in [2.05, 4.69) is 22.6 Å². The minimum absolute atomic E-state index is 0.177. The largest absolute Gasteiger partial charge is 0.330 e. The van der Waals surface area contributed by atoms with E-state index in [9.17, 15) is 0 Å². The first-order chi connectivity index (χ1) is 5.33. The Morgan fingerprint density at radius 1 is 1.36 bits per heavy atom. The second-order valence-electron chi connectivity index (χ2n) is 1.91. The van der Waals surface area contributed by atoms with Gasteiger partial charge in [-0.3, -0.25) is 0 Å². The zero-order chi connectivity index (χ0) is 8.10. The van der Waals surface area contributed by atoms with E-state index < -0.39 is 0 Å². The van der Waals surface area contributed by atoms with E-state index >= 15 is 0 Å². The van der Waals surface area contributed by atoms with Crippen molar-refractivity contribution >= 4 is 23.0 Å². The van der Waals surface area contributed by atoms with Gasteiger partial charge in [0.1, 0.15) is 0 Å². The molecule has 0 aromatic heterocycles. The topological polar surface area (TPSA) is 48.2 Å². The van der Waals surface area contributed by atoms with E-state index in [-0.39, 0.29) is 5.11 Å². The maximum atomic E-state index is 6.58. The average Bonchev–Trinajstić information content (AvgIpc) is 2.06. The quantitative estimate of drug-likeness (QED) is 0.496. The third kappa shape index (κ3) is 2.43. The molecule has 0 saturated carbocycles. The Morgan fingerprint density at radius 2 is 2.00 bits per heavy atom. The zero-order valence-electron chi connectivity index (χ0n) is 5.74. The van der Waals surface area contributed by atoms with Crippen LogP contribution in [0, 0.1) is 5.53 Å². The van der Waals surface area contributed by atoms with Crippen molar-refractivity contribution in [3.05, 3.63) is 30.3 Å². The van der Waals surface area contributed by atoms with E-state index in [1.807, 2.05) is 30.3 Å². The molecule has 1 aromatic carbocycles. The lowest BCUT2D eigenvalue weighted by atomic mass is 10.3. The molecule has 0 aliphatic heterocycles. The van der Waals surface area contributed by atoms with Crippen molar-refractivity contribution in [1.82, 2.24) is 0 Å². The molecule has 1 rings (SSSR count). The lowest BCUT2D eigenvalue weighted by Gasteiger charge is -1.99. The van der Waals surface area contributed by atoms with Gasteiger partial charge in [0.2, 0.25) is 5.11 Å². The first kappa shape index (κ1) is 7.81. The van der Waals surface area contributed by atoms with Crippen molar-refractivity contribution in [2.45, 2.75) is 0 Å². The number of hydrogen-bond acceptors (Lipinski definition) is 2. The van der Waals surface area contributed by atoms with Gasteiger partial charge in [-0.05, 0) is 24.4 Å². The molecule has 0 unspecified atom stereocenters. The van der Waals surface area contributed by atoms with Gasteiger partial charge in [-0.25, -0.2) is 5.53 Å². The molecule has 0 saturated heterocycles. The molecule has 2 N–H and O–H groups in total. The molecule has 4 heteroatoms. The Kier molecular flexibility index (Phi) is 2.68. The number of nitrogens with one attached hydrogen (secondary N) is 2. The highest BCUT2D eigenvalue weighted by atomic mass is 32.1. The summed E-state index contributed by atoms with van der Waals surface area (Å²) in [5, 5.41) is 6.00. The summed E-state index contributed by atoms with van der Waals surface area (Å²) in [6, 6.07) is 9.39. The second-order valence-corrected chi connectivity index (χ2v) is 2.29. The predicted octanol–water partition coefficient (Wildman–Crippen LogP) is 2.41. The maximum Gasteiger partial charge on any atom is 0.217 e. The monoisotopic (exact) mass is 165 g/mol. The highest BCUT2D eigenvalue weighted by Crippen LogP contribution is 2.04. The summed E-state index contributed by atoms with van der Waals surface area (Å²) in [6.07, 6.45) is 0. The van der Waals surface area contributed by atoms with Crippen molar-refractivity contribution in [2.24, 2.45) is 5.11 Å². The summed E-state index contributed by atoms with van der Waals surface area (Å²) in [5.41, 5.74) is 7.43. The molecular formula is C7H7N3S. The molecule has 1 aromatic rings. The first-order valence-corrected chi connectivity index (χ1v) is 3.47. The van der Waals surface area contributed by atoms with Gasteiger partial charge < -0.3 is 5.32 Å². The molecule has 0 atom stereocenters. The molecule has 0 bridgehead atoms. The van der Waals surface area contributed by atoms with Crippen LogP contribution in [0.2, 0.25) is 0 Å². The van der Waals surface area contributed by atoms with E-state index in [4.69, 9.17) is 5.53 Å². The number of thiocarbonyl (C=S) groups is 1. The van der Waals surface area contributed by atoms with E-state index in [1.54, 1.807) is 0 Å². The minimum Gasteiger partial charge on any atom is -0.330 e. The van der Waals surface area contributed by atoms with Gasteiger partial charge in [0.05, 0.1) is 0 Å². The molecule has 0 aliphatic rings. The van der Waals surface area contributed by atoms with Crippen LogP contribution in [-0.2, 0) is 0 Å². The maximum absolute atomic E-state index is 6.58. The van der Waals surface area contributed by atoms with Crippen LogP contribution in [0.4, 0.5) is 5.69 Å². The zero-order valence-corrected chi connectivity index (χ0v) is 6.56. The van der Waals surface area contributed by atoms with Crippen LogP contribution in [0.15, 0.2) is 35.4 Å². The fourth-order valence-corrected chi connectivity index (χ4v) is 0.791. The Morgan fingerprint density at radius 3 is 2.55 bits per heavy atom. The SMILES string of the molecule is N=NC(=S)Nc1ccccc1. The minimum atomic E-state index is 0.177. The molecule has 0 fully saturated rings. The normalized spacial score (nSPS) is 8.73. The van der Waals surface area contributed by atoms with Gasteiger partial charge in [0.15, 0.2) is 0 Å². The number of anilines is 1. The third-order valence-electron chi connectivity index (χ3n) is 1.13. The fraction of sp³-hybridized carbons (Fsp3) is 0. The molecule has 3 nitrogen and oxygen atoms in total. The third-order valence-corrected chi connectivity index (χ3v) is 1.32. The fourth-order valence-electron chi connectivity index (χ4n) is 0.673. The highest BCUT2D eigenvalue weighted by molar-refractivity contribution is 7.80. The summed E-state index contributed by atoms with van der Waals surface area (Å²) < 4.78 is 0. The molecule has 0 radical (unpaired) electrons. The van der Waals surface area contributed by atoms with Gasteiger partial charge in [0.25, 0.3) is 0 Å². The Labute approximate surface area is 69.9 Å². The number of para-hydroxylation sites is 1. The van der Waals surface area contributed by atoms with Crippen LogP contribution in [0.5, 0.6) is 0 Å². The number of hydrogen-bond donors (Lipinski definition) is 2. The molecule has 0 aliphatic carbocycles. The number of nitrogens with zero attached hydrogens (tertiary/aromatic N) is 1. The Hall–Kier alpha value is -1.29. The predicted molar refractivity (Wildman–Crippen MR) is 47.8 cm³/mol. The standard InChI is InChI=1S/C7H7N3S/c8-10-7(11)9-6-4-2-1-3-5-6/h1-5,8H,(H,9,11). The van der Waals surface area contributed by atoms with Gasteiger partial charge in [-0.2, -0.15) is 0 Å². The van der Waals surface area contributed by atoms with Crippen molar-refractivity contribution < 1.29 is 0 Å². The molecule has 0 heterocycles. The average molecular weight is 165 g/mol. The lowest BCUT2D eigenvalue weighted by Crippen LogP contribution is -2.03. The Bertz CT molecular complexity index is 258. The van der Waals surface area contributed by atoms with Gasteiger partial charge in [0, 0.05) is 5.69 Å². The van der Waals surface area contributed by atoms with E-state index in [0.29, 0.717) is 0 Å². The second kappa shape index (κ2) is 3.78. The van der Waals surface area contributed by atoms with Crippen LogP contribution in [0.25, 0.3) is 0 Å². The van der Waals surface area contributed by atoms with Crippen molar-refractivity contribution in [1.29, 1.82) is 5.53 Å². The summed E-state index contributed by atoms with van der Waals surface area (Å²) in [7, 11) is 0. The van der Waals surface area contributed by atoms with Crippen LogP contribution in [0.1, 0.15) is 0 Å². The van der Waals surface area contributed by atoms with Gasteiger partial charge in [-0.15, -0.1) is 5.11 Å².